The predicted molar refractivity (Wildman–Crippen MR) is 67.1 cm³/mol. The lowest BCUT2D eigenvalue weighted by Crippen LogP contribution is -2.35. The minimum absolute atomic E-state index is 0.201. The zero-order valence-electron chi connectivity index (χ0n) is 10.8. The van der Waals surface area contributed by atoms with E-state index in [1.807, 2.05) is 11.8 Å². The first-order valence-electron chi connectivity index (χ1n) is 6.09. The Morgan fingerprint density at radius 2 is 2.05 bits per heavy atom. The Balaban J connectivity index is 1.79. The van der Waals surface area contributed by atoms with Gasteiger partial charge in [-0.3, -0.25) is 10.0 Å². The van der Waals surface area contributed by atoms with Gasteiger partial charge in [-0.2, -0.15) is 0 Å². The summed E-state index contributed by atoms with van der Waals surface area (Å²) < 4.78 is 2.06. The number of hydrogen-bond donors (Lipinski definition) is 2. The van der Waals surface area contributed by atoms with Gasteiger partial charge in [-0.15, -0.1) is 10.2 Å². The molecule has 0 fully saturated rings. The van der Waals surface area contributed by atoms with Crippen LogP contribution in [0.25, 0.3) is 0 Å². The highest BCUT2D eigenvalue weighted by Gasteiger charge is 2.21. The second-order valence-electron chi connectivity index (χ2n) is 4.45. The van der Waals surface area contributed by atoms with Crippen LogP contribution in [0.2, 0.25) is 0 Å². The van der Waals surface area contributed by atoms with Crippen molar-refractivity contribution in [2.24, 2.45) is 0 Å². The maximum Gasteiger partial charge on any atom is 0.277 e. The molecule has 0 saturated carbocycles. The number of aromatic nitrogens is 5. The Hall–Kier alpha value is -2.55. The lowest BCUT2D eigenvalue weighted by molar-refractivity contribution is 0.0705. The molecular formula is C11H13N7O2. The van der Waals surface area contributed by atoms with Crippen LogP contribution in [-0.2, 0) is 13.1 Å². The van der Waals surface area contributed by atoms with Gasteiger partial charge in [0.1, 0.15) is 5.82 Å². The van der Waals surface area contributed by atoms with E-state index < -0.39 is 5.91 Å². The van der Waals surface area contributed by atoms with Crippen LogP contribution in [-0.4, -0.2) is 42.4 Å². The molecule has 0 atom stereocenters. The van der Waals surface area contributed by atoms with Crippen LogP contribution in [0, 0.1) is 6.92 Å². The van der Waals surface area contributed by atoms with Gasteiger partial charge >= 0.3 is 0 Å². The SMILES string of the molecule is Cc1nnc2n1CCN(c1ncc(C(=O)NO)cn1)C2. The summed E-state index contributed by atoms with van der Waals surface area (Å²) in [7, 11) is 0. The number of aryl methyl sites for hydroxylation is 1. The first-order chi connectivity index (χ1) is 9.69. The summed E-state index contributed by atoms with van der Waals surface area (Å²) in [6.45, 7) is 4.02. The van der Waals surface area contributed by atoms with E-state index in [4.69, 9.17) is 5.21 Å². The number of nitrogens with one attached hydrogen (secondary N) is 1. The first kappa shape index (κ1) is 12.5. The predicted octanol–water partition coefficient (Wildman–Crippen LogP) is -0.484. The van der Waals surface area contributed by atoms with Crippen molar-refractivity contribution in [1.29, 1.82) is 0 Å². The molecule has 0 saturated heterocycles. The number of carbonyl (C=O) groups is 1. The van der Waals surface area contributed by atoms with Gasteiger partial charge in [0.2, 0.25) is 5.95 Å². The fraction of sp³-hybridized carbons (Fsp3) is 0.364. The third kappa shape index (κ3) is 2.07. The average Bonchev–Trinajstić information content (AvgIpc) is 2.87. The summed E-state index contributed by atoms with van der Waals surface area (Å²) in [5, 5.41) is 16.7. The Labute approximate surface area is 114 Å². The van der Waals surface area contributed by atoms with E-state index in [1.54, 1.807) is 5.48 Å². The molecule has 0 spiro atoms. The van der Waals surface area contributed by atoms with Crippen molar-refractivity contribution in [3.8, 4) is 0 Å². The molecule has 9 heteroatoms. The molecule has 0 aliphatic carbocycles. The second kappa shape index (κ2) is 4.85. The van der Waals surface area contributed by atoms with Crippen molar-refractivity contribution in [1.82, 2.24) is 30.2 Å². The van der Waals surface area contributed by atoms with Gasteiger partial charge in [-0.25, -0.2) is 15.4 Å². The summed E-state index contributed by atoms with van der Waals surface area (Å²) >= 11 is 0. The van der Waals surface area contributed by atoms with E-state index in [0.717, 1.165) is 24.7 Å². The largest absolute Gasteiger partial charge is 0.331 e. The number of fused-ring (bicyclic) bond motifs is 1. The van der Waals surface area contributed by atoms with Crippen LogP contribution < -0.4 is 10.4 Å². The van der Waals surface area contributed by atoms with Gasteiger partial charge in [0.25, 0.3) is 5.91 Å². The molecule has 0 aromatic carbocycles. The first-order valence-corrected chi connectivity index (χ1v) is 6.09. The normalized spacial score (nSPS) is 14.0. The number of nitrogens with zero attached hydrogens (tertiary/aromatic N) is 6. The lowest BCUT2D eigenvalue weighted by atomic mass is 10.3. The minimum Gasteiger partial charge on any atom is -0.331 e. The maximum atomic E-state index is 11.2. The highest BCUT2D eigenvalue weighted by Crippen LogP contribution is 2.16. The molecule has 20 heavy (non-hydrogen) atoms. The van der Waals surface area contributed by atoms with Crippen LogP contribution in [0.1, 0.15) is 22.0 Å². The zero-order chi connectivity index (χ0) is 14.1. The minimum atomic E-state index is -0.634. The topological polar surface area (TPSA) is 109 Å². The fourth-order valence-electron chi connectivity index (χ4n) is 2.14. The molecule has 1 aliphatic rings. The standard InChI is InChI=1S/C11H13N7O2/c1-7-14-15-9-6-17(2-3-18(7)9)11-12-4-8(5-13-11)10(19)16-20/h4-5,20H,2-3,6H2,1H3,(H,16,19). The number of hydrogen-bond acceptors (Lipinski definition) is 7. The number of carbonyl (C=O) groups excluding carboxylic acids is 1. The van der Waals surface area contributed by atoms with E-state index in [2.05, 4.69) is 24.7 Å². The van der Waals surface area contributed by atoms with E-state index in [-0.39, 0.29) is 5.56 Å². The van der Waals surface area contributed by atoms with Gasteiger partial charge < -0.3 is 9.47 Å². The fourth-order valence-corrected chi connectivity index (χ4v) is 2.14. The summed E-state index contributed by atoms with van der Waals surface area (Å²) in [5.74, 6) is 1.65. The average molecular weight is 275 g/mol. The van der Waals surface area contributed by atoms with Gasteiger partial charge in [0.05, 0.1) is 12.1 Å². The molecular weight excluding hydrogens is 262 g/mol. The summed E-state index contributed by atoms with van der Waals surface area (Å²) in [6, 6.07) is 0. The maximum absolute atomic E-state index is 11.2. The molecule has 3 heterocycles. The van der Waals surface area contributed by atoms with Crippen molar-refractivity contribution in [3.05, 3.63) is 29.6 Å². The van der Waals surface area contributed by atoms with Gasteiger partial charge in [-0.1, -0.05) is 0 Å². The Morgan fingerprint density at radius 3 is 2.75 bits per heavy atom. The molecule has 1 aliphatic heterocycles. The highest BCUT2D eigenvalue weighted by molar-refractivity contribution is 5.92. The van der Waals surface area contributed by atoms with E-state index in [1.165, 1.54) is 12.4 Å². The van der Waals surface area contributed by atoms with Gasteiger partial charge in [0, 0.05) is 25.5 Å². The van der Waals surface area contributed by atoms with Crippen molar-refractivity contribution in [2.75, 3.05) is 11.4 Å². The van der Waals surface area contributed by atoms with Crippen molar-refractivity contribution >= 4 is 11.9 Å². The smallest absolute Gasteiger partial charge is 0.277 e. The Bertz CT molecular complexity index is 637. The molecule has 2 N–H and O–H groups in total. The second-order valence-corrected chi connectivity index (χ2v) is 4.45. The van der Waals surface area contributed by atoms with Gasteiger partial charge in [-0.05, 0) is 6.92 Å². The molecule has 0 bridgehead atoms. The highest BCUT2D eigenvalue weighted by atomic mass is 16.5. The van der Waals surface area contributed by atoms with E-state index >= 15 is 0 Å². The molecule has 0 unspecified atom stereocenters. The summed E-state index contributed by atoms with van der Waals surface area (Å²) in [6.07, 6.45) is 2.75. The van der Waals surface area contributed by atoms with Crippen LogP contribution in [0.3, 0.4) is 0 Å². The molecule has 9 nitrogen and oxygen atoms in total. The molecule has 2 aromatic rings. The quantitative estimate of drug-likeness (QED) is 0.562. The number of rotatable bonds is 2. The summed E-state index contributed by atoms with van der Waals surface area (Å²) in [5.41, 5.74) is 1.74. The zero-order valence-corrected chi connectivity index (χ0v) is 10.8. The number of anilines is 1. The lowest BCUT2D eigenvalue weighted by Gasteiger charge is -2.27. The monoisotopic (exact) mass is 275 g/mol. The van der Waals surface area contributed by atoms with Crippen molar-refractivity contribution in [3.63, 3.8) is 0 Å². The Kier molecular flexibility index (Phi) is 3.03. The van der Waals surface area contributed by atoms with Crippen molar-refractivity contribution in [2.45, 2.75) is 20.0 Å². The number of amides is 1. The molecule has 2 aromatic heterocycles. The van der Waals surface area contributed by atoms with E-state index in [0.29, 0.717) is 12.5 Å². The molecule has 1 amide bonds. The van der Waals surface area contributed by atoms with E-state index in [9.17, 15) is 4.79 Å². The summed E-state index contributed by atoms with van der Waals surface area (Å²) in [4.78, 5) is 21.4. The number of hydroxylamine groups is 1. The van der Waals surface area contributed by atoms with Crippen molar-refractivity contribution < 1.29 is 10.0 Å². The molecule has 0 radical (unpaired) electrons. The van der Waals surface area contributed by atoms with Crippen LogP contribution in [0.15, 0.2) is 12.4 Å². The molecule has 104 valence electrons. The Morgan fingerprint density at radius 1 is 1.30 bits per heavy atom. The molecule has 3 rings (SSSR count). The third-order valence-corrected chi connectivity index (χ3v) is 3.22. The van der Waals surface area contributed by atoms with Crippen LogP contribution >= 0.6 is 0 Å². The van der Waals surface area contributed by atoms with Gasteiger partial charge in [0.15, 0.2) is 5.82 Å². The van der Waals surface area contributed by atoms with Crippen LogP contribution in [0.5, 0.6) is 0 Å². The van der Waals surface area contributed by atoms with Crippen LogP contribution in [0.4, 0.5) is 5.95 Å². The third-order valence-electron chi connectivity index (χ3n) is 3.22.